The van der Waals surface area contributed by atoms with Gasteiger partial charge in [-0.15, -0.1) is 0 Å². The van der Waals surface area contributed by atoms with Crippen molar-refractivity contribution >= 4 is 17.7 Å². The fraction of sp³-hybridized carbons (Fsp3) is 0.933. The van der Waals surface area contributed by atoms with Crippen LogP contribution in [-0.4, -0.2) is 59.7 Å². The van der Waals surface area contributed by atoms with Crippen LogP contribution in [-0.2, 0) is 9.53 Å². The Morgan fingerprint density at radius 3 is 2.85 bits per heavy atom. The predicted octanol–water partition coefficient (Wildman–Crippen LogP) is 1.89. The second-order valence-corrected chi connectivity index (χ2v) is 7.03. The van der Waals surface area contributed by atoms with Gasteiger partial charge in [0.25, 0.3) is 0 Å². The first-order chi connectivity index (χ1) is 9.60. The van der Waals surface area contributed by atoms with Crippen molar-refractivity contribution in [1.29, 1.82) is 0 Å². The summed E-state index contributed by atoms with van der Waals surface area (Å²) in [6, 6.07) is 0.320. The van der Waals surface area contributed by atoms with E-state index in [1.165, 1.54) is 5.75 Å². The molecule has 0 aromatic carbocycles. The summed E-state index contributed by atoms with van der Waals surface area (Å²) < 4.78 is 6.03. The van der Waals surface area contributed by atoms with Gasteiger partial charge in [0.15, 0.2) is 0 Å². The van der Waals surface area contributed by atoms with Gasteiger partial charge in [-0.05, 0) is 45.8 Å². The van der Waals surface area contributed by atoms with Crippen molar-refractivity contribution in [1.82, 2.24) is 10.2 Å². The van der Waals surface area contributed by atoms with Crippen LogP contribution < -0.4 is 5.32 Å². The molecule has 0 aromatic rings. The average Bonchev–Trinajstić information content (AvgIpc) is 2.88. The Labute approximate surface area is 127 Å². The Morgan fingerprint density at radius 2 is 2.25 bits per heavy atom. The van der Waals surface area contributed by atoms with Crippen LogP contribution in [0.15, 0.2) is 0 Å². The minimum Gasteiger partial charge on any atom is -0.374 e. The summed E-state index contributed by atoms with van der Waals surface area (Å²) in [6.07, 6.45) is 3.23. The summed E-state index contributed by atoms with van der Waals surface area (Å²) in [6.45, 7) is 8.46. The Hall–Kier alpha value is -0.260. The number of thioether (sulfide) groups is 1. The van der Waals surface area contributed by atoms with E-state index in [1.54, 1.807) is 0 Å². The number of hydrogen-bond donors (Lipinski definition) is 1. The lowest BCUT2D eigenvalue weighted by Crippen LogP contribution is -2.53. The number of carbonyl (C=O) groups excluding carboxylic acids is 1. The third-order valence-corrected chi connectivity index (χ3v) is 5.71. The van der Waals surface area contributed by atoms with E-state index in [2.05, 4.69) is 5.32 Å². The van der Waals surface area contributed by atoms with Gasteiger partial charge < -0.3 is 15.0 Å². The van der Waals surface area contributed by atoms with Gasteiger partial charge in [0.05, 0.1) is 11.6 Å². The first kappa shape index (κ1) is 16.1. The molecule has 0 bridgehead atoms. The summed E-state index contributed by atoms with van der Waals surface area (Å²) in [5.41, 5.74) is 0.0819. The van der Waals surface area contributed by atoms with Crippen LogP contribution in [0.4, 0.5) is 0 Å². The largest absolute Gasteiger partial charge is 0.374 e. The molecule has 3 unspecified atom stereocenters. The van der Waals surface area contributed by atoms with E-state index < -0.39 is 0 Å². The summed E-state index contributed by atoms with van der Waals surface area (Å²) >= 11 is 1.99. The molecule has 1 N–H and O–H groups in total. The maximum atomic E-state index is 12.3. The molecule has 2 saturated heterocycles. The van der Waals surface area contributed by atoms with Crippen molar-refractivity contribution in [2.75, 3.05) is 31.2 Å². The van der Waals surface area contributed by atoms with Crippen LogP contribution in [0.3, 0.4) is 0 Å². The van der Waals surface area contributed by atoms with E-state index in [1.807, 2.05) is 37.4 Å². The molecule has 116 valence electrons. The lowest BCUT2D eigenvalue weighted by atomic mass is 9.89. The van der Waals surface area contributed by atoms with Crippen LogP contribution in [0, 0.1) is 0 Å². The fourth-order valence-corrected chi connectivity index (χ4v) is 4.65. The molecule has 2 heterocycles. The molecule has 1 spiro atoms. The van der Waals surface area contributed by atoms with Crippen LogP contribution in [0.2, 0.25) is 0 Å². The molecule has 0 aromatic heterocycles. The quantitative estimate of drug-likeness (QED) is 0.842. The van der Waals surface area contributed by atoms with Crippen molar-refractivity contribution in [2.24, 2.45) is 0 Å². The zero-order valence-electron chi connectivity index (χ0n) is 13.0. The van der Waals surface area contributed by atoms with E-state index in [0.29, 0.717) is 6.04 Å². The summed E-state index contributed by atoms with van der Waals surface area (Å²) in [7, 11) is 0. The van der Waals surface area contributed by atoms with E-state index >= 15 is 0 Å². The lowest BCUT2D eigenvalue weighted by Gasteiger charge is -2.39. The molecule has 20 heavy (non-hydrogen) atoms. The average molecular weight is 300 g/mol. The number of nitrogens with one attached hydrogen (secondary N) is 1. The molecule has 2 rings (SSSR count). The number of likely N-dealkylation sites (N-methyl/N-ethyl adjacent to an activating group) is 1. The summed E-state index contributed by atoms with van der Waals surface area (Å²) in [5.74, 6) is 2.54. The number of hydrogen-bond acceptors (Lipinski definition) is 4. The maximum absolute atomic E-state index is 12.3. The number of ether oxygens (including phenoxy) is 1. The molecule has 0 saturated carbocycles. The third-order valence-electron chi connectivity index (χ3n) is 4.49. The fourth-order valence-electron chi connectivity index (χ4n) is 3.27. The molecule has 4 nitrogen and oxygen atoms in total. The smallest absolute Gasteiger partial charge is 0.239 e. The van der Waals surface area contributed by atoms with E-state index in [0.717, 1.165) is 44.7 Å². The van der Waals surface area contributed by atoms with Crippen molar-refractivity contribution in [3.8, 4) is 0 Å². The van der Waals surface area contributed by atoms with Gasteiger partial charge >= 0.3 is 0 Å². The first-order valence-electron chi connectivity index (χ1n) is 7.87. The Balaban J connectivity index is 1.87. The number of nitrogens with zero attached hydrogens (tertiary/aromatic N) is 1. The van der Waals surface area contributed by atoms with Crippen molar-refractivity contribution in [3.05, 3.63) is 0 Å². The molecule has 5 heteroatoms. The molecular formula is C15H28N2O2S. The van der Waals surface area contributed by atoms with E-state index in [9.17, 15) is 4.79 Å². The van der Waals surface area contributed by atoms with Crippen molar-refractivity contribution < 1.29 is 9.53 Å². The lowest BCUT2D eigenvalue weighted by molar-refractivity contribution is -0.133. The van der Waals surface area contributed by atoms with Crippen molar-refractivity contribution in [2.45, 2.75) is 57.7 Å². The Kier molecular flexibility index (Phi) is 5.75. The SMILES string of the molecule is CCN(CC)C(=O)C(C)NC1CCOC2(CCSC2)C1. The molecule has 2 aliphatic rings. The maximum Gasteiger partial charge on any atom is 0.239 e. The molecular weight excluding hydrogens is 272 g/mol. The predicted molar refractivity (Wildman–Crippen MR) is 84.2 cm³/mol. The van der Waals surface area contributed by atoms with Gasteiger partial charge in [0.1, 0.15) is 0 Å². The van der Waals surface area contributed by atoms with E-state index in [4.69, 9.17) is 4.74 Å². The van der Waals surface area contributed by atoms with Crippen LogP contribution in [0.25, 0.3) is 0 Å². The molecule has 0 radical (unpaired) electrons. The molecule has 1 amide bonds. The standard InChI is InChI=1S/C15H28N2O2S/c1-4-17(5-2)14(18)12(3)16-13-6-8-19-15(10-13)7-9-20-11-15/h12-13,16H,4-11H2,1-3H3. The zero-order chi connectivity index (χ0) is 14.6. The summed E-state index contributed by atoms with van der Waals surface area (Å²) in [5, 5.41) is 3.54. The first-order valence-corrected chi connectivity index (χ1v) is 9.02. The molecule has 3 atom stereocenters. The van der Waals surface area contributed by atoms with Crippen LogP contribution >= 0.6 is 11.8 Å². The van der Waals surface area contributed by atoms with Gasteiger partial charge in [-0.1, -0.05) is 0 Å². The minimum atomic E-state index is -0.0934. The highest BCUT2D eigenvalue weighted by Crippen LogP contribution is 2.38. The highest BCUT2D eigenvalue weighted by Gasteiger charge is 2.41. The minimum absolute atomic E-state index is 0.0819. The van der Waals surface area contributed by atoms with Gasteiger partial charge in [0, 0.05) is 31.5 Å². The summed E-state index contributed by atoms with van der Waals surface area (Å²) in [4.78, 5) is 14.2. The highest BCUT2D eigenvalue weighted by molar-refractivity contribution is 7.99. The van der Waals surface area contributed by atoms with Gasteiger partial charge in [-0.25, -0.2) is 0 Å². The topological polar surface area (TPSA) is 41.6 Å². The second-order valence-electron chi connectivity index (χ2n) is 5.92. The molecule has 2 aliphatic heterocycles. The third kappa shape index (κ3) is 3.68. The van der Waals surface area contributed by atoms with Gasteiger partial charge in [-0.3, -0.25) is 4.79 Å². The monoisotopic (exact) mass is 300 g/mol. The van der Waals surface area contributed by atoms with Crippen molar-refractivity contribution in [3.63, 3.8) is 0 Å². The van der Waals surface area contributed by atoms with Gasteiger partial charge in [0.2, 0.25) is 5.91 Å². The Bertz CT molecular complexity index is 328. The van der Waals surface area contributed by atoms with Crippen LogP contribution in [0.1, 0.15) is 40.0 Å². The number of rotatable bonds is 5. The normalized spacial score (nSPS) is 31.4. The molecule has 0 aliphatic carbocycles. The Morgan fingerprint density at radius 1 is 1.50 bits per heavy atom. The zero-order valence-corrected chi connectivity index (χ0v) is 13.8. The van der Waals surface area contributed by atoms with E-state index in [-0.39, 0.29) is 17.6 Å². The highest BCUT2D eigenvalue weighted by atomic mass is 32.2. The molecule has 2 fully saturated rings. The second kappa shape index (κ2) is 7.14. The van der Waals surface area contributed by atoms with Crippen LogP contribution in [0.5, 0.6) is 0 Å². The number of carbonyl (C=O) groups is 1. The van der Waals surface area contributed by atoms with Gasteiger partial charge in [-0.2, -0.15) is 11.8 Å². The number of amides is 1.